The summed E-state index contributed by atoms with van der Waals surface area (Å²) in [5.41, 5.74) is -0.716. The number of allylic oxidation sites excluding steroid dienone is 1. The maximum atomic E-state index is 15.9. The average molecular weight is 640 g/mol. The summed E-state index contributed by atoms with van der Waals surface area (Å²) in [4.78, 5) is 16.1. The van der Waals surface area contributed by atoms with Crippen LogP contribution in [0.15, 0.2) is 48.0 Å². The number of halogens is 4. The Morgan fingerprint density at radius 1 is 1.19 bits per heavy atom. The van der Waals surface area contributed by atoms with E-state index in [0.717, 1.165) is 17.9 Å². The molecule has 1 amide bonds. The molecule has 1 N–H and O–H groups in total. The molecule has 2 aromatic carbocycles. The van der Waals surface area contributed by atoms with Crippen molar-refractivity contribution < 1.29 is 22.0 Å². The van der Waals surface area contributed by atoms with Gasteiger partial charge in [-0.15, -0.1) is 0 Å². The number of nitriles is 1. The second kappa shape index (κ2) is 12.6. The van der Waals surface area contributed by atoms with Crippen LogP contribution in [0.2, 0.25) is 10.0 Å². The summed E-state index contributed by atoms with van der Waals surface area (Å²) in [6.45, 7) is 6.27. The lowest BCUT2D eigenvalue weighted by molar-refractivity contribution is -0.127. The third kappa shape index (κ3) is 6.08. The highest BCUT2D eigenvalue weighted by atomic mass is 35.5. The number of nitrogens with zero attached hydrogens (tertiary/aromatic N) is 3. The number of benzene rings is 2. The van der Waals surface area contributed by atoms with E-state index in [-0.39, 0.29) is 46.8 Å². The largest absolute Gasteiger partial charge is 0.352 e. The smallest absolute Gasteiger partial charge is 0.238 e. The summed E-state index contributed by atoms with van der Waals surface area (Å²) in [5.74, 6) is -3.14. The van der Waals surface area contributed by atoms with Crippen LogP contribution >= 0.6 is 23.2 Å². The highest BCUT2D eigenvalue weighted by Crippen LogP contribution is 2.54. The Balaban J connectivity index is 1.87. The van der Waals surface area contributed by atoms with E-state index in [1.807, 2.05) is 19.9 Å². The highest BCUT2D eigenvalue weighted by molar-refractivity contribution is 7.88. The van der Waals surface area contributed by atoms with Crippen molar-refractivity contribution in [1.82, 2.24) is 14.5 Å². The van der Waals surface area contributed by atoms with Gasteiger partial charge in [-0.25, -0.2) is 21.5 Å². The Labute approximate surface area is 256 Å². The molecule has 0 bridgehead atoms. The average Bonchev–Trinajstić information content (AvgIpc) is 3.17. The molecule has 4 atom stereocenters. The van der Waals surface area contributed by atoms with E-state index in [1.165, 1.54) is 28.6 Å². The molecule has 0 saturated carbocycles. The Kier molecular flexibility index (Phi) is 9.70. The first-order chi connectivity index (χ1) is 19.7. The fourth-order valence-corrected chi connectivity index (χ4v) is 7.51. The topological polar surface area (TPSA) is 93.5 Å². The SMILES string of the molecule is CC(C)=CCN1C(C(=O)NC2CCN(S(C)(=O)=O)CC2)C(c2cccc(Cl)c2F)C(C#N)(c2ccc(Cl)cc2F)C1C. The fourth-order valence-electron chi connectivity index (χ4n) is 6.30. The first kappa shape index (κ1) is 32.4. The molecule has 2 aliphatic heterocycles. The lowest BCUT2D eigenvalue weighted by Crippen LogP contribution is -2.53. The lowest BCUT2D eigenvalue weighted by Gasteiger charge is -2.35. The maximum Gasteiger partial charge on any atom is 0.238 e. The zero-order valence-electron chi connectivity index (χ0n) is 23.9. The molecule has 4 unspecified atom stereocenters. The Bertz CT molecular complexity index is 1540. The van der Waals surface area contributed by atoms with E-state index in [0.29, 0.717) is 12.8 Å². The standard InChI is InChI=1S/C30H34Cl2F2N4O3S/c1-18(2)10-15-38-19(3)30(17-35,23-9-8-20(31)16-25(23)33)26(22-6-5-7-24(32)27(22)34)28(38)29(39)36-21-11-13-37(14-12-21)42(4,40)41/h5-10,16,19,21,26,28H,11-15H2,1-4H3,(H,36,39). The van der Waals surface area contributed by atoms with Gasteiger partial charge in [0.2, 0.25) is 15.9 Å². The van der Waals surface area contributed by atoms with Crippen molar-refractivity contribution in [3.63, 3.8) is 0 Å². The Hall–Kier alpha value is -2.55. The van der Waals surface area contributed by atoms with Gasteiger partial charge in [0.1, 0.15) is 17.0 Å². The normalized spacial score (nSPS) is 25.6. The van der Waals surface area contributed by atoms with Gasteiger partial charge in [0, 0.05) is 48.2 Å². The lowest BCUT2D eigenvalue weighted by atomic mass is 9.65. The Morgan fingerprint density at radius 2 is 1.86 bits per heavy atom. The molecule has 4 rings (SSSR count). The molecular formula is C30H34Cl2F2N4O3S. The van der Waals surface area contributed by atoms with Crippen LogP contribution in [0.1, 0.15) is 50.7 Å². The minimum absolute atomic E-state index is 0.00485. The van der Waals surface area contributed by atoms with Crippen LogP contribution in [-0.4, -0.2) is 67.5 Å². The molecule has 2 aliphatic rings. The predicted molar refractivity (Wildman–Crippen MR) is 160 cm³/mol. The van der Waals surface area contributed by atoms with Gasteiger partial charge in [0.05, 0.1) is 23.4 Å². The minimum atomic E-state index is -3.36. The number of piperidine rings is 1. The van der Waals surface area contributed by atoms with Gasteiger partial charge in [-0.1, -0.05) is 53.1 Å². The van der Waals surface area contributed by atoms with Gasteiger partial charge < -0.3 is 5.32 Å². The van der Waals surface area contributed by atoms with Crippen molar-refractivity contribution in [3.05, 3.63) is 80.9 Å². The van der Waals surface area contributed by atoms with E-state index in [9.17, 15) is 18.5 Å². The van der Waals surface area contributed by atoms with Crippen LogP contribution in [0, 0.1) is 23.0 Å². The summed E-state index contributed by atoms with van der Waals surface area (Å²) >= 11 is 12.3. The van der Waals surface area contributed by atoms with Crippen molar-refractivity contribution in [1.29, 1.82) is 5.26 Å². The summed E-state index contributed by atoms with van der Waals surface area (Å²) in [5, 5.41) is 13.9. The predicted octanol–water partition coefficient (Wildman–Crippen LogP) is 5.40. The summed E-state index contributed by atoms with van der Waals surface area (Å²) in [6, 6.07) is 8.54. The molecule has 2 saturated heterocycles. The molecule has 0 spiro atoms. The van der Waals surface area contributed by atoms with Crippen molar-refractivity contribution >= 4 is 39.1 Å². The van der Waals surface area contributed by atoms with E-state index in [1.54, 1.807) is 17.9 Å². The van der Waals surface area contributed by atoms with Crippen molar-refractivity contribution in [2.24, 2.45) is 0 Å². The third-order valence-corrected chi connectivity index (χ3v) is 10.3. The minimum Gasteiger partial charge on any atom is -0.352 e. The number of carbonyl (C=O) groups excluding carboxylic acids is 1. The number of hydrogen-bond donors (Lipinski definition) is 1. The van der Waals surface area contributed by atoms with Crippen molar-refractivity contribution in [2.75, 3.05) is 25.9 Å². The number of rotatable bonds is 7. The van der Waals surface area contributed by atoms with Gasteiger partial charge in [0.15, 0.2) is 0 Å². The molecule has 226 valence electrons. The van der Waals surface area contributed by atoms with Gasteiger partial charge in [-0.05, 0) is 57.4 Å². The number of carbonyl (C=O) groups is 1. The number of amides is 1. The fraction of sp³-hybridized carbons (Fsp3) is 0.467. The zero-order valence-corrected chi connectivity index (χ0v) is 26.2. The first-order valence-electron chi connectivity index (χ1n) is 13.7. The van der Waals surface area contributed by atoms with E-state index in [4.69, 9.17) is 23.2 Å². The van der Waals surface area contributed by atoms with Crippen LogP contribution in [0.5, 0.6) is 0 Å². The monoisotopic (exact) mass is 638 g/mol. The quantitative estimate of drug-likeness (QED) is 0.410. The van der Waals surface area contributed by atoms with Crippen LogP contribution in [0.25, 0.3) is 0 Å². The van der Waals surface area contributed by atoms with Crippen LogP contribution < -0.4 is 5.32 Å². The molecule has 0 aromatic heterocycles. The first-order valence-corrected chi connectivity index (χ1v) is 16.3. The summed E-state index contributed by atoms with van der Waals surface area (Å²) in [7, 11) is -3.36. The number of hydrogen-bond acceptors (Lipinski definition) is 5. The van der Waals surface area contributed by atoms with Crippen molar-refractivity contribution in [3.8, 4) is 6.07 Å². The Morgan fingerprint density at radius 3 is 2.43 bits per heavy atom. The molecule has 2 fully saturated rings. The molecule has 0 radical (unpaired) electrons. The van der Waals surface area contributed by atoms with E-state index in [2.05, 4.69) is 11.4 Å². The highest BCUT2D eigenvalue weighted by Gasteiger charge is 2.63. The maximum absolute atomic E-state index is 15.9. The molecule has 0 aliphatic carbocycles. The number of nitrogens with one attached hydrogen (secondary N) is 1. The van der Waals surface area contributed by atoms with Crippen LogP contribution in [-0.2, 0) is 20.2 Å². The molecule has 12 heteroatoms. The van der Waals surface area contributed by atoms with Crippen molar-refractivity contribution in [2.45, 2.75) is 63.1 Å². The van der Waals surface area contributed by atoms with Gasteiger partial charge in [-0.3, -0.25) is 9.69 Å². The molecule has 2 heterocycles. The van der Waals surface area contributed by atoms with E-state index < -0.39 is 51.0 Å². The number of likely N-dealkylation sites (tertiary alicyclic amines) is 1. The van der Waals surface area contributed by atoms with Crippen LogP contribution in [0.4, 0.5) is 8.78 Å². The molecule has 7 nitrogen and oxygen atoms in total. The van der Waals surface area contributed by atoms with Gasteiger partial charge in [0.25, 0.3) is 0 Å². The van der Waals surface area contributed by atoms with Crippen LogP contribution in [0.3, 0.4) is 0 Å². The second-order valence-electron chi connectivity index (χ2n) is 11.3. The summed E-state index contributed by atoms with van der Waals surface area (Å²) in [6.07, 6.45) is 3.83. The van der Waals surface area contributed by atoms with Gasteiger partial charge in [-0.2, -0.15) is 5.26 Å². The third-order valence-electron chi connectivity index (χ3n) is 8.45. The zero-order chi connectivity index (χ0) is 31.0. The molecule has 42 heavy (non-hydrogen) atoms. The van der Waals surface area contributed by atoms with E-state index >= 15 is 8.78 Å². The molecular weight excluding hydrogens is 605 g/mol. The molecule has 2 aromatic rings. The summed E-state index contributed by atoms with van der Waals surface area (Å²) < 4.78 is 56.9. The van der Waals surface area contributed by atoms with Gasteiger partial charge >= 0.3 is 0 Å². The second-order valence-corrected chi connectivity index (χ2v) is 14.1. The number of sulfonamides is 1.